The Hall–Kier alpha value is -1.88. The van der Waals surface area contributed by atoms with E-state index in [1.54, 1.807) is 4.68 Å². The van der Waals surface area contributed by atoms with Gasteiger partial charge in [0.2, 0.25) is 0 Å². The molecule has 1 aromatic heterocycles. The van der Waals surface area contributed by atoms with Crippen LogP contribution >= 0.6 is 0 Å². The van der Waals surface area contributed by atoms with Gasteiger partial charge in [0.1, 0.15) is 23.7 Å². The van der Waals surface area contributed by atoms with Crippen LogP contribution in [0.2, 0.25) is 0 Å². The molecule has 108 valence electrons. The molecule has 5 heteroatoms. The number of benzene rings is 1. The van der Waals surface area contributed by atoms with Crippen molar-refractivity contribution < 1.29 is 9.84 Å². The zero-order valence-corrected chi connectivity index (χ0v) is 12.3. The maximum absolute atomic E-state index is 9.32. The van der Waals surface area contributed by atoms with Crippen molar-refractivity contribution >= 4 is 0 Å². The Balaban J connectivity index is 2.17. The van der Waals surface area contributed by atoms with Crippen molar-refractivity contribution in [3.05, 3.63) is 40.7 Å². The summed E-state index contributed by atoms with van der Waals surface area (Å²) in [4.78, 5) is 0. The molecule has 2 aromatic rings. The molecular formula is C15H21N3O2. The van der Waals surface area contributed by atoms with Gasteiger partial charge in [0.25, 0.3) is 0 Å². The van der Waals surface area contributed by atoms with Gasteiger partial charge in [0.15, 0.2) is 0 Å². The van der Waals surface area contributed by atoms with Gasteiger partial charge in [-0.3, -0.25) is 0 Å². The van der Waals surface area contributed by atoms with E-state index in [1.807, 2.05) is 19.1 Å². The Bertz CT molecular complexity index is 578. The fraction of sp³-hybridized carbons (Fsp3) is 0.467. The molecule has 0 aliphatic rings. The molecule has 1 aromatic carbocycles. The maximum Gasteiger partial charge on any atom is 0.132 e. The van der Waals surface area contributed by atoms with Crippen molar-refractivity contribution in [2.75, 3.05) is 0 Å². The van der Waals surface area contributed by atoms with E-state index in [4.69, 9.17) is 4.74 Å². The molecule has 0 amide bonds. The summed E-state index contributed by atoms with van der Waals surface area (Å²) in [5.41, 5.74) is 3.76. The first kappa shape index (κ1) is 14.5. The van der Waals surface area contributed by atoms with Gasteiger partial charge in [-0.15, -0.1) is 5.10 Å². The van der Waals surface area contributed by atoms with Crippen molar-refractivity contribution in [3.8, 4) is 5.75 Å². The monoisotopic (exact) mass is 275 g/mol. The maximum atomic E-state index is 9.32. The third kappa shape index (κ3) is 2.99. The molecule has 0 spiro atoms. The zero-order chi connectivity index (χ0) is 14.5. The van der Waals surface area contributed by atoms with E-state index in [1.165, 1.54) is 5.56 Å². The van der Waals surface area contributed by atoms with Crippen LogP contribution in [0.5, 0.6) is 5.75 Å². The second kappa shape index (κ2) is 6.52. The molecule has 0 fully saturated rings. The predicted octanol–water partition coefficient (Wildman–Crippen LogP) is 2.38. The van der Waals surface area contributed by atoms with E-state index in [9.17, 15) is 5.11 Å². The van der Waals surface area contributed by atoms with Gasteiger partial charge in [-0.05, 0) is 37.5 Å². The van der Waals surface area contributed by atoms with Gasteiger partial charge in [-0.25, -0.2) is 4.68 Å². The first-order valence-corrected chi connectivity index (χ1v) is 6.88. The van der Waals surface area contributed by atoms with Gasteiger partial charge in [-0.2, -0.15) is 0 Å². The van der Waals surface area contributed by atoms with Gasteiger partial charge >= 0.3 is 0 Å². The lowest BCUT2D eigenvalue weighted by molar-refractivity contribution is 0.260. The van der Waals surface area contributed by atoms with Crippen LogP contribution in [-0.4, -0.2) is 20.1 Å². The molecule has 0 aliphatic heterocycles. The lowest BCUT2D eigenvalue weighted by atomic mass is 10.1. The Labute approximate surface area is 119 Å². The fourth-order valence-corrected chi connectivity index (χ4v) is 2.07. The predicted molar refractivity (Wildman–Crippen MR) is 76.5 cm³/mol. The van der Waals surface area contributed by atoms with Crippen LogP contribution in [0.1, 0.15) is 35.9 Å². The topological polar surface area (TPSA) is 60.2 Å². The van der Waals surface area contributed by atoms with Crippen molar-refractivity contribution in [1.29, 1.82) is 0 Å². The lowest BCUT2D eigenvalue weighted by Gasteiger charge is -2.12. The number of nitrogens with zero attached hydrogens (tertiary/aromatic N) is 3. The van der Waals surface area contributed by atoms with Gasteiger partial charge in [0.05, 0.1) is 6.61 Å². The van der Waals surface area contributed by atoms with Crippen LogP contribution in [0.4, 0.5) is 0 Å². The van der Waals surface area contributed by atoms with Crippen LogP contribution < -0.4 is 4.74 Å². The fourth-order valence-electron chi connectivity index (χ4n) is 2.07. The van der Waals surface area contributed by atoms with Gasteiger partial charge < -0.3 is 9.84 Å². The normalized spacial score (nSPS) is 10.8. The highest BCUT2D eigenvalue weighted by Crippen LogP contribution is 2.22. The van der Waals surface area contributed by atoms with E-state index in [2.05, 4.69) is 30.2 Å². The van der Waals surface area contributed by atoms with Crippen molar-refractivity contribution in [3.63, 3.8) is 0 Å². The molecule has 1 N–H and O–H groups in total. The number of aryl methyl sites for hydroxylation is 2. The smallest absolute Gasteiger partial charge is 0.132 e. The second-order valence-corrected chi connectivity index (χ2v) is 4.85. The van der Waals surface area contributed by atoms with Crippen molar-refractivity contribution in [1.82, 2.24) is 15.0 Å². The standard InChI is InChI=1S/C15H21N3O2/c1-4-8-18-14(13(9-19)16-17-18)10-20-15-7-5-6-11(2)12(15)3/h5-7,19H,4,8-10H2,1-3H3. The summed E-state index contributed by atoms with van der Waals surface area (Å²) in [6.07, 6.45) is 0.963. The molecule has 0 aliphatic carbocycles. The van der Waals surface area contributed by atoms with Crippen molar-refractivity contribution in [2.45, 2.75) is 47.0 Å². The Kier molecular flexibility index (Phi) is 4.74. The minimum Gasteiger partial charge on any atom is -0.487 e. The van der Waals surface area contributed by atoms with Crippen LogP contribution in [0.25, 0.3) is 0 Å². The van der Waals surface area contributed by atoms with Crippen LogP contribution in [0.15, 0.2) is 18.2 Å². The van der Waals surface area contributed by atoms with Crippen molar-refractivity contribution in [2.24, 2.45) is 0 Å². The molecule has 20 heavy (non-hydrogen) atoms. The summed E-state index contributed by atoms with van der Waals surface area (Å²) in [6.45, 7) is 7.21. The third-order valence-corrected chi connectivity index (χ3v) is 3.42. The summed E-state index contributed by atoms with van der Waals surface area (Å²) in [5.74, 6) is 0.859. The van der Waals surface area contributed by atoms with E-state index < -0.39 is 0 Å². The number of hydrogen-bond acceptors (Lipinski definition) is 4. The molecule has 0 saturated heterocycles. The minimum atomic E-state index is -0.116. The summed E-state index contributed by atoms with van der Waals surface area (Å²) >= 11 is 0. The molecule has 0 bridgehead atoms. The van der Waals surface area contributed by atoms with E-state index in [-0.39, 0.29) is 6.61 Å². The molecule has 2 rings (SSSR count). The lowest BCUT2D eigenvalue weighted by Crippen LogP contribution is -2.09. The van der Waals surface area contributed by atoms with E-state index in [0.717, 1.165) is 30.0 Å². The molecule has 0 atom stereocenters. The van der Waals surface area contributed by atoms with Gasteiger partial charge in [-0.1, -0.05) is 24.3 Å². The average Bonchev–Trinajstić information content (AvgIpc) is 2.83. The quantitative estimate of drug-likeness (QED) is 0.879. The third-order valence-electron chi connectivity index (χ3n) is 3.42. The van der Waals surface area contributed by atoms with E-state index in [0.29, 0.717) is 12.3 Å². The number of aromatic nitrogens is 3. The Morgan fingerprint density at radius 3 is 2.80 bits per heavy atom. The van der Waals surface area contributed by atoms with Crippen LogP contribution in [-0.2, 0) is 19.8 Å². The number of rotatable bonds is 6. The summed E-state index contributed by atoms with van der Waals surface area (Å²) in [6, 6.07) is 5.99. The molecule has 0 radical (unpaired) electrons. The Morgan fingerprint density at radius 1 is 1.30 bits per heavy atom. The number of aliphatic hydroxyl groups is 1. The van der Waals surface area contributed by atoms with Crippen LogP contribution in [0, 0.1) is 13.8 Å². The van der Waals surface area contributed by atoms with Gasteiger partial charge in [0, 0.05) is 6.54 Å². The SMILES string of the molecule is CCCn1nnc(CO)c1COc1cccc(C)c1C. The molecule has 0 saturated carbocycles. The zero-order valence-electron chi connectivity index (χ0n) is 12.3. The second-order valence-electron chi connectivity index (χ2n) is 4.85. The van der Waals surface area contributed by atoms with E-state index >= 15 is 0 Å². The number of ether oxygens (including phenoxy) is 1. The summed E-state index contributed by atoms with van der Waals surface area (Å²) in [5, 5.41) is 17.4. The molecule has 1 heterocycles. The first-order chi connectivity index (χ1) is 9.67. The first-order valence-electron chi connectivity index (χ1n) is 6.88. The molecule has 5 nitrogen and oxygen atoms in total. The minimum absolute atomic E-state index is 0.116. The highest BCUT2D eigenvalue weighted by molar-refractivity contribution is 5.38. The number of hydrogen-bond donors (Lipinski definition) is 1. The number of aliphatic hydroxyl groups excluding tert-OH is 1. The summed E-state index contributed by atoms with van der Waals surface area (Å²) < 4.78 is 7.68. The summed E-state index contributed by atoms with van der Waals surface area (Å²) in [7, 11) is 0. The largest absolute Gasteiger partial charge is 0.487 e. The molecule has 0 unspecified atom stereocenters. The average molecular weight is 275 g/mol. The highest BCUT2D eigenvalue weighted by atomic mass is 16.5. The van der Waals surface area contributed by atoms with Crippen LogP contribution in [0.3, 0.4) is 0 Å². The Morgan fingerprint density at radius 2 is 2.10 bits per heavy atom. The highest BCUT2D eigenvalue weighted by Gasteiger charge is 2.13. The molecular weight excluding hydrogens is 254 g/mol.